The maximum absolute atomic E-state index is 12.5. The number of phenolic OH excluding ortho intramolecular Hbond substituents is 1. The van der Waals surface area contributed by atoms with Gasteiger partial charge in [0.15, 0.2) is 5.78 Å². The number of hydrogen-bond donors (Lipinski definition) is 1. The summed E-state index contributed by atoms with van der Waals surface area (Å²) in [5, 5.41) is 9.39. The highest BCUT2D eigenvalue weighted by Crippen LogP contribution is 2.27. The summed E-state index contributed by atoms with van der Waals surface area (Å²) in [5.74, 6) is 1.62. The fraction of sp³-hybridized carbons (Fsp3) is 0. The number of ether oxygens (including phenoxy) is 1. The lowest BCUT2D eigenvalue weighted by molar-refractivity contribution is 0.103. The number of benzene rings is 4. The second-order valence-corrected chi connectivity index (χ2v) is 6.39. The van der Waals surface area contributed by atoms with Crippen LogP contribution in [0.5, 0.6) is 17.2 Å². The number of hydrogen-bond acceptors (Lipinski definition) is 3. The van der Waals surface area contributed by atoms with Crippen LogP contribution in [-0.2, 0) is 0 Å². The van der Waals surface area contributed by atoms with Gasteiger partial charge in [0.1, 0.15) is 17.2 Å². The van der Waals surface area contributed by atoms with Gasteiger partial charge in [0, 0.05) is 11.1 Å². The van der Waals surface area contributed by atoms with Crippen molar-refractivity contribution in [1.29, 1.82) is 0 Å². The van der Waals surface area contributed by atoms with E-state index in [1.54, 1.807) is 36.4 Å². The van der Waals surface area contributed by atoms with Crippen LogP contribution in [0.2, 0.25) is 0 Å². The average molecular weight is 366 g/mol. The van der Waals surface area contributed by atoms with Crippen LogP contribution < -0.4 is 4.74 Å². The van der Waals surface area contributed by atoms with Crippen LogP contribution in [0.15, 0.2) is 103 Å². The Bertz CT molecular complexity index is 1070. The lowest BCUT2D eigenvalue weighted by atomic mass is 10.0. The van der Waals surface area contributed by atoms with E-state index in [4.69, 9.17) is 4.74 Å². The number of rotatable bonds is 5. The molecule has 3 nitrogen and oxygen atoms in total. The third kappa shape index (κ3) is 3.94. The smallest absolute Gasteiger partial charge is 0.193 e. The Kier molecular flexibility index (Phi) is 4.89. The van der Waals surface area contributed by atoms with E-state index < -0.39 is 0 Å². The first-order valence-electron chi connectivity index (χ1n) is 8.96. The summed E-state index contributed by atoms with van der Waals surface area (Å²) >= 11 is 0. The molecule has 1 N–H and O–H groups in total. The van der Waals surface area contributed by atoms with Gasteiger partial charge in [-0.3, -0.25) is 4.79 Å². The second kappa shape index (κ2) is 7.80. The van der Waals surface area contributed by atoms with Gasteiger partial charge in [-0.2, -0.15) is 0 Å². The van der Waals surface area contributed by atoms with Gasteiger partial charge < -0.3 is 9.84 Å². The quantitative estimate of drug-likeness (QED) is 0.435. The van der Waals surface area contributed by atoms with Crippen molar-refractivity contribution in [3.05, 3.63) is 114 Å². The number of ketones is 1. The zero-order valence-corrected chi connectivity index (χ0v) is 15.1. The highest BCUT2D eigenvalue weighted by atomic mass is 16.5. The van der Waals surface area contributed by atoms with Gasteiger partial charge in [0.05, 0.1) is 0 Å². The van der Waals surface area contributed by atoms with Crippen molar-refractivity contribution in [2.24, 2.45) is 0 Å². The van der Waals surface area contributed by atoms with Crippen molar-refractivity contribution >= 4 is 5.78 Å². The Hall–Kier alpha value is -3.85. The van der Waals surface area contributed by atoms with Crippen LogP contribution in [0, 0.1) is 0 Å². The summed E-state index contributed by atoms with van der Waals surface area (Å²) in [6.07, 6.45) is 0. The minimum absolute atomic E-state index is 0.00889. The SMILES string of the molecule is O=C(c1ccccc1)c1ccc(Oc2ccc(-c3ccc(O)cc3)cc2)cc1. The summed E-state index contributed by atoms with van der Waals surface area (Å²) < 4.78 is 5.88. The Labute approximate surface area is 163 Å². The second-order valence-electron chi connectivity index (χ2n) is 6.39. The topological polar surface area (TPSA) is 46.5 Å². The molecule has 28 heavy (non-hydrogen) atoms. The van der Waals surface area contributed by atoms with Crippen LogP contribution in [-0.4, -0.2) is 10.9 Å². The highest BCUT2D eigenvalue weighted by Gasteiger charge is 2.08. The monoisotopic (exact) mass is 366 g/mol. The predicted octanol–water partition coefficient (Wildman–Crippen LogP) is 6.08. The first kappa shape index (κ1) is 17.6. The van der Waals surface area contributed by atoms with Crippen LogP contribution in [0.1, 0.15) is 15.9 Å². The molecule has 4 aromatic carbocycles. The molecule has 0 aliphatic heterocycles. The molecule has 4 rings (SSSR count). The molecule has 0 radical (unpaired) electrons. The van der Waals surface area contributed by atoms with Crippen LogP contribution in [0.25, 0.3) is 11.1 Å². The molecule has 0 spiro atoms. The maximum Gasteiger partial charge on any atom is 0.193 e. The third-order valence-electron chi connectivity index (χ3n) is 4.44. The zero-order valence-electron chi connectivity index (χ0n) is 15.1. The zero-order chi connectivity index (χ0) is 19.3. The molecule has 0 aromatic heterocycles. The van der Waals surface area contributed by atoms with Crippen molar-refractivity contribution in [2.45, 2.75) is 0 Å². The highest BCUT2D eigenvalue weighted by molar-refractivity contribution is 6.08. The lowest BCUT2D eigenvalue weighted by Gasteiger charge is -2.08. The summed E-state index contributed by atoms with van der Waals surface area (Å²) in [7, 11) is 0. The van der Waals surface area contributed by atoms with E-state index in [1.165, 1.54) is 0 Å². The van der Waals surface area contributed by atoms with Gasteiger partial charge >= 0.3 is 0 Å². The number of carbonyl (C=O) groups excluding carboxylic acids is 1. The van der Waals surface area contributed by atoms with Gasteiger partial charge in [-0.05, 0) is 59.7 Å². The Morgan fingerprint density at radius 1 is 0.571 bits per heavy atom. The average Bonchev–Trinajstić information content (AvgIpc) is 2.76. The van der Waals surface area contributed by atoms with Crippen molar-refractivity contribution in [3.8, 4) is 28.4 Å². The standard InChI is InChI=1S/C25H18O3/c26-22-12-6-18(7-13-22)19-8-14-23(15-9-19)28-24-16-10-21(11-17-24)25(27)20-4-2-1-3-5-20/h1-17,26H. The molecule has 4 aromatic rings. The number of carbonyl (C=O) groups is 1. The van der Waals surface area contributed by atoms with E-state index in [2.05, 4.69) is 0 Å². The minimum Gasteiger partial charge on any atom is -0.508 e. The maximum atomic E-state index is 12.5. The van der Waals surface area contributed by atoms with Crippen LogP contribution in [0.4, 0.5) is 0 Å². The van der Waals surface area contributed by atoms with Crippen LogP contribution in [0.3, 0.4) is 0 Å². The van der Waals surface area contributed by atoms with Crippen molar-refractivity contribution in [3.63, 3.8) is 0 Å². The van der Waals surface area contributed by atoms with Gasteiger partial charge in [-0.1, -0.05) is 54.6 Å². The molecule has 0 bridgehead atoms. The van der Waals surface area contributed by atoms with E-state index in [-0.39, 0.29) is 11.5 Å². The van der Waals surface area contributed by atoms with E-state index in [0.717, 1.165) is 11.1 Å². The molecule has 0 fully saturated rings. The van der Waals surface area contributed by atoms with Gasteiger partial charge in [-0.15, -0.1) is 0 Å². The molecule has 0 aliphatic carbocycles. The third-order valence-corrected chi connectivity index (χ3v) is 4.44. The predicted molar refractivity (Wildman–Crippen MR) is 110 cm³/mol. The first-order chi connectivity index (χ1) is 13.7. The van der Waals surface area contributed by atoms with Gasteiger partial charge in [0.25, 0.3) is 0 Å². The van der Waals surface area contributed by atoms with E-state index in [1.807, 2.05) is 66.7 Å². The summed E-state index contributed by atoms with van der Waals surface area (Å²) in [6, 6.07) is 31.1. The van der Waals surface area contributed by atoms with E-state index >= 15 is 0 Å². The summed E-state index contributed by atoms with van der Waals surface area (Å²) in [4.78, 5) is 12.5. The number of phenols is 1. The molecule has 0 unspecified atom stereocenters. The van der Waals surface area contributed by atoms with Crippen molar-refractivity contribution in [2.75, 3.05) is 0 Å². The minimum atomic E-state index is -0.00889. The normalized spacial score (nSPS) is 10.4. The molecule has 0 amide bonds. The van der Waals surface area contributed by atoms with Gasteiger partial charge in [0.2, 0.25) is 0 Å². The molecule has 0 atom stereocenters. The number of aromatic hydroxyl groups is 1. The molecule has 0 heterocycles. The Morgan fingerprint density at radius 3 is 1.61 bits per heavy atom. The van der Waals surface area contributed by atoms with Crippen molar-refractivity contribution < 1.29 is 14.6 Å². The Balaban J connectivity index is 1.46. The van der Waals surface area contributed by atoms with Gasteiger partial charge in [-0.25, -0.2) is 0 Å². The molecule has 3 heteroatoms. The van der Waals surface area contributed by atoms with Crippen LogP contribution >= 0.6 is 0 Å². The van der Waals surface area contributed by atoms with E-state index in [9.17, 15) is 9.90 Å². The molecule has 0 saturated heterocycles. The molecule has 0 aliphatic rings. The van der Waals surface area contributed by atoms with E-state index in [0.29, 0.717) is 22.6 Å². The fourth-order valence-corrected chi connectivity index (χ4v) is 2.94. The first-order valence-corrected chi connectivity index (χ1v) is 8.96. The lowest BCUT2D eigenvalue weighted by Crippen LogP contribution is -2.00. The summed E-state index contributed by atoms with van der Waals surface area (Å²) in [5.41, 5.74) is 3.35. The molecular formula is C25H18O3. The molecular weight excluding hydrogens is 348 g/mol. The molecule has 136 valence electrons. The Morgan fingerprint density at radius 2 is 1.04 bits per heavy atom. The fourth-order valence-electron chi connectivity index (χ4n) is 2.94. The van der Waals surface area contributed by atoms with Crippen molar-refractivity contribution in [1.82, 2.24) is 0 Å². The molecule has 0 saturated carbocycles. The largest absolute Gasteiger partial charge is 0.508 e. The summed E-state index contributed by atoms with van der Waals surface area (Å²) in [6.45, 7) is 0.